The van der Waals surface area contributed by atoms with Crippen LogP contribution in [-0.4, -0.2) is 23.0 Å². The summed E-state index contributed by atoms with van der Waals surface area (Å²) in [4.78, 5) is 20.2. The van der Waals surface area contributed by atoms with E-state index in [0.29, 0.717) is 6.54 Å². The number of aliphatic imine (C=N–C) groups is 1. The van der Waals surface area contributed by atoms with Crippen LogP contribution in [0, 0.1) is 0 Å². The van der Waals surface area contributed by atoms with E-state index in [-0.39, 0.29) is 5.78 Å². The fraction of sp³-hybridized carbons (Fsp3) is 0.333. The molecule has 1 N–H and O–H groups in total. The maximum Gasteiger partial charge on any atom is 0.184 e. The monoisotopic (exact) mass is 238 g/mol. The van der Waals surface area contributed by atoms with Gasteiger partial charge in [0.05, 0.1) is 0 Å². The Morgan fingerprint density at radius 2 is 2.06 bits per heavy atom. The number of carbonyl (C=O) groups is 1. The molecule has 1 aromatic carbocycles. The molecule has 90 valence electrons. The molecule has 1 aliphatic heterocycles. The van der Waals surface area contributed by atoms with E-state index >= 15 is 0 Å². The summed E-state index contributed by atoms with van der Waals surface area (Å²) in [5.74, 6) is 0.142. The Kier molecular flexibility index (Phi) is 1.98. The molecule has 3 nitrogen and oxygen atoms in total. The van der Waals surface area contributed by atoms with Crippen LogP contribution in [-0.2, 0) is 6.42 Å². The molecule has 18 heavy (non-hydrogen) atoms. The first-order valence-corrected chi connectivity index (χ1v) is 6.55. The molecule has 0 bridgehead atoms. The Bertz CT molecular complexity index is 694. The van der Waals surface area contributed by atoms with Gasteiger partial charge < -0.3 is 4.98 Å². The zero-order valence-electron chi connectivity index (χ0n) is 10.1. The Hall–Kier alpha value is -1.90. The highest BCUT2D eigenvalue weighted by Gasteiger charge is 2.25. The molecule has 0 unspecified atom stereocenters. The molecule has 0 saturated carbocycles. The lowest BCUT2D eigenvalue weighted by Crippen LogP contribution is -2.03. The molecule has 0 radical (unpaired) electrons. The van der Waals surface area contributed by atoms with Crippen molar-refractivity contribution in [3.8, 4) is 0 Å². The van der Waals surface area contributed by atoms with Gasteiger partial charge in [0.2, 0.25) is 0 Å². The van der Waals surface area contributed by atoms with Crippen LogP contribution in [0.3, 0.4) is 0 Å². The Labute approximate surface area is 105 Å². The number of H-pyrrole nitrogens is 1. The average Bonchev–Trinajstić information content (AvgIpc) is 2.54. The third kappa shape index (κ3) is 1.24. The summed E-state index contributed by atoms with van der Waals surface area (Å²) in [7, 11) is 0. The molecule has 2 heterocycles. The van der Waals surface area contributed by atoms with Crippen LogP contribution in [0.15, 0.2) is 23.2 Å². The van der Waals surface area contributed by atoms with Crippen LogP contribution in [0.2, 0.25) is 0 Å². The normalized spacial score (nSPS) is 18.4. The first-order chi connectivity index (χ1) is 8.84. The topological polar surface area (TPSA) is 45.2 Å². The van der Waals surface area contributed by atoms with Gasteiger partial charge in [-0.25, -0.2) is 0 Å². The van der Waals surface area contributed by atoms with Crippen LogP contribution < -0.4 is 0 Å². The van der Waals surface area contributed by atoms with Crippen molar-refractivity contribution in [2.75, 3.05) is 6.54 Å². The second kappa shape index (κ2) is 3.55. The standard InChI is InChI=1S/C15H14N2O/c18-13-8-16-10-5-1-2-6-12-15(10)14-9(13)4-3-7-11(14)17-12/h3-4,7,17H,1-2,5-6,8H2. The molecule has 4 rings (SSSR count). The molecule has 0 amide bonds. The van der Waals surface area contributed by atoms with E-state index in [1.165, 1.54) is 24.1 Å². The molecule has 0 saturated heterocycles. The van der Waals surface area contributed by atoms with Crippen LogP contribution in [0.4, 0.5) is 0 Å². The number of nitrogens with one attached hydrogen (secondary N) is 1. The van der Waals surface area contributed by atoms with Crippen molar-refractivity contribution >= 4 is 22.4 Å². The molecule has 0 fully saturated rings. The first kappa shape index (κ1) is 10.1. The van der Waals surface area contributed by atoms with Gasteiger partial charge in [-0.15, -0.1) is 0 Å². The van der Waals surface area contributed by atoms with E-state index in [0.717, 1.165) is 35.0 Å². The number of aryl methyl sites for hydroxylation is 1. The lowest BCUT2D eigenvalue weighted by molar-refractivity contribution is 0.100. The fourth-order valence-electron chi connectivity index (χ4n) is 3.17. The van der Waals surface area contributed by atoms with Gasteiger partial charge in [-0.05, 0) is 31.7 Å². The number of nitrogens with zero attached hydrogens (tertiary/aromatic N) is 1. The van der Waals surface area contributed by atoms with Gasteiger partial charge in [-0.2, -0.15) is 0 Å². The SMILES string of the molecule is O=C1CN=C2CCCCc3[nH]c4cccc1c4c32. The molecule has 3 heteroatoms. The lowest BCUT2D eigenvalue weighted by atomic mass is 9.99. The van der Waals surface area contributed by atoms with E-state index in [1.807, 2.05) is 12.1 Å². The predicted octanol–water partition coefficient (Wildman–Crippen LogP) is 2.88. The summed E-state index contributed by atoms with van der Waals surface area (Å²) in [5, 5.41) is 1.11. The van der Waals surface area contributed by atoms with Gasteiger partial charge >= 0.3 is 0 Å². The van der Waals surface area contributed by atoms with Crippen LogP contribution in [0.1, 0.15) is 40.9 Å². The predicted molar refractivity (Wildman–Crippen MR) is 71.6 cm³/mol. The third-order valence-corrected chi connectivity index (χ3v) is 3.99. The minimum Gasteiger partial charge on any atom is -0.358 e. The summed E-state index contributed by atoms with van der Waals surface area (Å²) >= 11 is 0. The van der Waals surface area contributed by atoms with Crippen LogP contribution >= 0.6 is 0 Å². The summed E-state index contributed by atoms with van der Waals surface area (Å²) in [6.45, 7) is 0.308. The van der Waals surface area contributed by atoms with Gasteiger partial charge in [-0.3, -0.25) is 9.79 Å². The van der Waals surface area contributed by atoms with Gasteiger partial charge in [0, 0.05) is 33.4 Å². The summed E-state index contributed by atoms with van der Waals surface area (Å²) < 4.78 is 0. The Morgan fingerprint density at radius 1 is 1.17 bits per heavy atom. The van der Waals surface area contributed by atoms with Gasteiger partial charge in [-0.1, -0.05) is 12.1 Å². The molecule has 1 aliphatic carbocycles. The van der Waals surface area contributed by atoms with Crippen molar-refractivity contribution in [3.63, 3.8) is 0 Å². The highest BCUT2D eigenvalue weighted by Crippen LogP contribution is 2.33. The number of benzene rings is 1. The minimum absolute atomic E-state index is 0.142. The van der Waals surface area contributed by atoms with E-state index < -0.39 is 0 Å². The quantitative estimate of drug-likeness (QED) is 0.753. The average molecular weight is 238 g/mol. The number of aromatic nitrogens is 1. The molecule has 0 atom stereocenters. The van der Waals surface area contributed by atoms with Crippen molar-refractivity contribution in [2.45, 2.75) is 25.7 Å². The Morgan fingerprint density at radius 3 is 3.00 bits per heavy atom. The highest BCUT2D eigenvalue weighted by molar-refractivity contribution is 6.21. The van der Waals surface area contributed by atoms with E-state index in [9.17, 15) is 4.79 Å². The summed E-state index contributed by atoms with van der Waals surface area (Å²) in [6.07, 6.45) is 4.43. The number of hydrogen-bond acceptors (Lipinski definition) is 2. The second-order valence-electron chi connectivity index (χ2n) is 5.10. The minimum atomic E-state index is 0.142. The van der Waals surface area contributed by atoms with E-state index in [1.54, 1.807) is 0 Å². The van der Waals surface area contributed by atoms with Crippen molar-refractivity contribution in [2.24, 2.45) is 4.99 Å². The maximum absolute atomic E-state index is 12.1. The van der Waals surface area contributed by atoms with Gasteiger partial charge in [0.25, 0.3) is 0 Å². The van der Waals surface area contributed by atoms with Gasteiger partial charge in [0.15, 0.2) is 5.78 Å². The maximum atomic E-state index is 12.1. The van der Waals surface area contributed by atoms with Crippen molar-refractivity contribution < 1.29 is 4.79 Å². The zero-order chi connectivity index (χ0) is 12.1. The smallest absolute Gasteiger partial charge is 0.184 e. The first-order valence-electron chi connectivity index (χ1n) is 6.55. The van der Waals surface area contributed by atoms with E-state index in [4.69, 9.17) is 0 Å². The summed E-state index contributed by atoms with van der Waals surface area (Å²) in [6, 6.07) is 5.95. The molecule has 0 spiro atoms. The number of Topliss-reactive ketones (excluding diaryl/α,β-unsaturated/α-hetero) is 1. The number of carbonyl (C=O) groups excluding carboxylic acids is 1. The summed E-state index contributed by atoms with van der Waals surface area (Å²) in [5.41, 5.74) is 5.55. The van der Waals surface area contributed by atoms with Crippen LogP contribution in [0.5, 0.6) is 0 Å². The van der Waals surface area contributed by atoms with E-state index in [2.05, 4.69) is 16.0 Å². The molecular formula is C15H14N2O. The third-order valence-electron chi connectivity index (χ3n) is 3.99. The van der Waals surface area contributed by atoms with Crippen molar-refractivity contribution in [1.82, 2.24) is 4.98 Å². The zero-order valence-corrected chi connectivity index (χ0v) is 10.1. The number of ketones is 1. The van der Waals surface area contributed by atoms with Crippen molar-refractivity contribution in [3.05, 3.63) is 35.0 Å². The van der Waals surface area contributed by atoms with Crippen LogP contribution in [0.25, 0.3) is 10.9 Å². The number of hydrogen-bond donors (Lipinski definition) is 1. The second-order valence-corrected chi connectivity index (χ2v) is 5.10. The highest BCUT2D eigenvalue weighted by atomic mass is 16.1. The fourth-order valence-corrected chi connectivity index (χ4v) is 3.17. The van der Waals surface area contributed by atoms with Gasteiger partial charge in [0.1, 0.15) is 6.54 Å². The molecular weight excluding hydrogens is 224 g/mol. The van der Waals surface area contributed by atoms with Crippen molar-refractivity contribution in [1.29, 1.82) is 0 Å². The molecule has 1 aromatic heterocycles. The Balaban J connectivity index is 2.17. The largest absolute Gasteiger partial charge is 0.358 e. The lowest BCUT2D eigenvalue weighted by Gasteiger charge is -2.02. The molecule has 2 aliphatic rings. The molecule has 2 aromatic rings. The number of aromatic amines is 1. The number of rotatable bonds is 0.